The van der Waals surface area contributed by atoms with Crippen LogP contribution in [0.25, 0.3) is 0 Å². The van der Waals surface area contributed by atoms with Gasteiger partial charge < -0.3 is 20.1 Å². The third kappa shape index (κ3) is 6.09. The van der Waals surface area contributed by atoms with Gasteiger partial charge in [-0.05, 0) is 24.3 Å². The maximum Gasteiger partial charge on any atom is 0.332 e. The van der Waals surface area contributed by atoms with Crippen LogP contribution in [0, 0.1) is 0 Å². The standard InChI is InChI=1S/C34H28Cl2N6O4/c35-27-15-7-13-25(41-27)33(31-37-19-20-38-31,23-9-3-1-4-10-23)45-29(43)17-18-30(44)46-34(32-39-21-22-40-32,24-11-5-2-6-12-24)26-14-8-16-28(36)42-26/h1-18H,19-22H2,(H,37,38)(H,39,40)/b18-17-. The van der Waals surface area contributed by atoms with E-state index in [1.165, 1.54) is 0 Å². The lowest BCUT2D eigenvalue weighted by molar-refractivity contribution is -0.148. The number of aromatic nitrogens is 2. The van der Waals surface area contributed by atoms with Gasteiger partial charge >= 0.3 is 11.9 Å². The highest BCUT2D eigenvalue weighted by molar-refractivity contribution is 6.29. The SMILES string of the molecule is O=C(/C=C\C(=O)OC(C1=NCCN1)(c1ccccc1)c1cccc(Cl)n1)OC(C1=NCCN1)(c1ccccc1)c1cccc(Cl)n1. The van der Waals surface area contributed by atoms with Gasteiger partial charge in [0.1, 0.15) is 10.3 Å². The van der Waals surface area contributed by atoms with E-state index in [0.717, 1.165) is 12.2 Å². The van der Waals surface area contributed by atoms with Crippen molar-refractivity contribution >= 4 is 46.8 Å². The Balaban J connectivity index is 1.36. The van der Waals surface area contributed by atoms with Crippen LogP contribution in [-0.4, -0.2) is 59.8 Å². The van der Waals surface area contributed by atoms with Crippen LogP contribution in [0.15, 0.2) is 119 Å². The highest BCUT2D eigenvalue weighted by Crippen LogP contribution is 2.37. The molecule has 0 saturated heterocycles. The van der Waals surface area contributed by atoms with Crippen molar-refractivity contribution in [2.75, 3.05) is 26.2 Å². The summed E-state index contributed by atoms with van der Waals surface area (Å²) in [5, 5.41) is 6.87. The van der Waals surface area contributed by atoms with Crippen molar-refractivity contribution < 1.29 is 19.1 Å². The topological polar surface area (TPSA) is 127 Å². The maximum atomic E-state index is 13.6. The van der Waals surface area contributed by atoms with Crippen molar-refractivity contribution in [1.82, 2.24) is 20.6 Å². The summed E-state index contributed by atoms with van der Waals surface area (Å²) in [5.74, 6) is -0.917. The van der Waals surface area contributed by atoms with E-state index in [1.807, 2.05) is 36.4 Å². The van der Waals surface area contributed by atoms with Crippen molar-refractivity contribution in [3.63, 3.8) is 0 Å². The Hall–Kier alpha value is -5.06. The Morgan fingerprint density at radius 1 is 0.609 bits per heavy atom. The van der Waals surface area contributed by atoms with Gasteiger partial charge in [-0.2, -0.15) is 0 Å². The van der Waals surface area contributed by atoms with Gasteiger partial charge in [0.2, 0.25) is 11.2 Å². The molecule has 0 amide bonds. The molecule has 0 saturated carbocycles. The summed E-state index contributed by atoms with van der Waals surface area (Å²) in [6.45, 7) is 2.03. The van der Waals surface area contributed by atoms with Gasteiger partial charge in [0.05, 0.1) is 24.5 Å². The Kier molecular flexibility index (Phi) is 9.09. The Morgan fingerprint density at radius 2 is 1.02 bits per heavy atom. The number of benzene rings is 2. The van der Waals surface area contributed by atoms with Crippen LogP contribution in [0.3, 0.4) is 0 Å². The lowest BCUT2D eigenvalue weighted by atomic mass is 9.87. The summed E-state index contributed by atoms with van der Waals surface area (Å²) in [4.78, 5) is 45.4. The quantitative estimate of drug-likeness (QED) is 0.144. The fourth-order valence-corrected chi connectivity index (χ4v) is 5.79. The van der Waals surface area contributed by atoms with Crippen molar-refractivity contribution in [3.05, 3.63) is 142 Å². The number of nitrogens with one attached hydrogen (secondary N) is 2. The number of pyridine rings is 2. The summed E-state index contributed by atoms with van der Waals surface area (Å²) in [7, 11) is 0. The number of rotatable bonds is 10. The molecule has 6 rings (SSSR count). The number of carbonyl (C=O) groups is 2. The van der Waals surface area contributed by atoms with Crippen molar-refractivity contribution in [1.29, 1.82) is 0 Å². The third-order valence-corrected chi connectivity index (χ3v) is 7.81. The second kappa shape index (κ2) is 13.5. The summed E-state index contributed by atoms with van der Waals surface area (Å²) < 4.78 is 12.4. The van der Waals surface area contributed by atoms with E-state index < -0.39 is 23.1 Å². The molecule has 2 unspecified atom stereocenters. The molecule has 2 N–H and O–H groups in total. The first-order valence-electron chi connectivity index (χ1n) is 14.5. The van der Waals surface area contributed by atoms with Gasteiger partial charge in [-0.25, -0.2) is 19.6 Å². The van der Waals surface area contributed by atoms with Crippen LogP contribution >= 0.6 is 23.2 Å². The Bertz CT molecular complexity index is 1700. The summed E-state index contributed by atoms with van der Waals surface area (Å²) >= 11 is 12.6. The largest absolute Gasteiger partial charge is 0.436 e. The minimum absolute atomic E-state index is 0.210. The first-order valence-corrected chi connectivity index (χ1v) is 15.3. The molecular weight excluding hydrogens is 627 g/mol. The molecule has 2 aromatic heterocycles. The average molecular weight is 656 g/mol. The second-order valence-corrected chi connectivity index (χ2v) is 11.0. The highest BCUT2D eigenvalue weighted by Gasteiger charge is 2.48. The lowest BCUT2D eigenvalue weighted by Crippen LogP contribution is -2.48. The lowest BCUT2D eigenvalue weighted by Gasteiger charge is -2.33. The van der Waals surface area contributed by atoms with Crippen LogP contribution in [0.4, 0.5) is 0 Å². The van der Waals surface area contributed by atoms with E-state index in [0.29, 0.717) is 60.4 Å². The van der Waals surface area contributed by atoms with Crippen molar-refractivity contribution in [2.45, 2.75) is 11.2 Å². The molecule has 2 aromatic carbocycles. The number of aliphatic imine (C=N–C) groups is 2. The van der Waals surface area contributed by atoms with Gasteiger partial charge in [-0.15, -0.1) is 0 Å². The number of nitrogens with zero attached hydrogens (tertiary/aromatic N) is 4. The van der Waals surface area contributed by atoms with Crippen LogP contribution in [0.1, 0.15) is 22.5 Å². The van der Waals surface area contributed by atoms with Crippen molar-refractivity contribution in [2.24, 2.45) is 9.98 Å². The summed E-state index contributed by atoms with van der Waals surface area (Å²) in [6, 6.07) is 28.3. The normalized spacial score (nSPS) is 16.7. The predicted molar refractivity (Wildman–Crippen MR) is 175 cm³/mol. The molecule has 232 valence electrons. The molecule has 0 aliphatic carbocycles. The molecule has 4 heterocycles. The minimum Gasteiger partial charge on any atom is -0.436 e. The van der Waals surface area contributed by atoms with E-state index in [4.69, 9.17) is 32.7 Å². The van der Waals surface area contributed by atoms with Gasteiger partial charge in [-0.3, -0.25) is 9.98 Å². The van der Waals surface area contributed by atoms with E-state index in [-0.39, 0.29) is 10.3 Å². The van der Waals surface area contributed by atoms with E-state index in [1.54, 1.807) is 60.7 Å². The fourth-order valence-electron chi connectivity index (χ4n) is 5.46. The van der Waals surface area contributed by atoms with Gasteiger partial charge in [-0.1, -0.05) is 96.0 Å². The smallest absolute Gasteiger partial charge is 0.332 e. The number of carbonyl (C=O) groups excluding carboxylic acids is 2. The first-order chi connectivity index (χ1) is 22.4. The first kappa shape index (κ1) is 30.9. The molecule has 0 bridgehead atoms. The molecule has 0 spiro atoms. The molecule has 10 nitrogen and oxygen atoms in total. The van der Waals surface area contributed by atoms with Gasteiger partial charge in [0, 0.05) is 36.4 Å². The number of esters is 2. The molecule has 0 fully saturated rings. The van der Waals surface area contributed by atoms with Crippen LogP contribution < -0.4 is 10.6 Å². The van der Waals surface area contributed by atoms with E-state index >= 15 is 0 Å². The molecule has 2 aliphatic heterocycles. The van der Waals surface area contributed by atoms with Crippen LogP contribution in [0.2, 0.25) is 10.3 Å². The molecule has 12 heteroatoms. The third-order valence-electron chi connectivity index (χ3n) is 7.39. The number of amidine groups is 2. The zero-order valence-electron chi connectivity index (χ0n) is 24.4. The molecule has 2 aliphatic rings. The Morgan fingerprint density at radius 3 is 1.37 bits per heavy atom. The highest BCUT2D eigenvalue weighted by atomic mass is 35.5. The monoisotopic (exact) mass is 654 g/mol. The van der Waals surface area contributed by atoms with Crippen LogP contribution in [0.5, 0.6) is 0 Å². The molecule has 0 radical (unpaired) electrons. The average Bonchev–Trinajstić information content (AvgIpc) is 3.82. The van der Waals surface area contributed by atoms with E-state index in [2.05, 4.69) is 30.6 Å². The van der Waals surface area contributed by atoms with Gasteiger partial charge in [0.25, 0.3) is 0 Å². The summed E-state index contributed by atoms with van der Waals surface area (Å²) in [6.07, 6.45) is 2.01. The van der Waals surface area contributed by atoms with Crippen LogP contribution in [-0.2, 0) is 30.3 Å². The number of halogens is 2. The predicted octanol–water partition coefficient (Wildman–Crippen LogP) is 4.62. The van der Waals surface area contributed by atoms with Crippen molar-refractivity contribution in [3.8, 4) is 0 Å². The minimum atomic E-state index is -1.57. The zero-order chi connectivity index (χ0) is 32.0. The Labute approximate surface area is 275 Å². The number of ether oxygens (including phenoxy) is 2. The summed E-state index contributed by atoms with van der Waals surface area (Å²) in [5.41, 5.74) is -1.30. The second-order valence-electron chi connectivity index (χ2n) is 10.3. The molecular formula is C34H28Cl2N6O4. The molecule has 2 atom stereocenters. The zero-order valence-corrected chi connectivity index (χ0v) is 25.9. The molecule has 4 aromatic rings. The molecule has 46 heavy (non-hydrogen) atoms. The van der Waals surface area contributed by atoms with Gasteiger partial charge in [0.15, 0.2) is 11.7 Å². The maximum absolute atomic E-state index is 13.6. The number of hydrogen-bond acceptors (Lipinski definition) is 10. The number of hydrogen-bond donors (Lipinski definition) is 2. The van der Waals surface area contributed by atoms with E-state index in [9.17, 15) is 9.59 Å². The fraction of sp³-hybridized carbons (Fsp3) is 0.176.